The molecule has 6 nitrogen and oxygen atoms in total. The quantitative estimate of drug-likeness (QED) is 0.834. The molecule has 0 radical (unpaired) electrons. The van der Waals surface area contributed by atoms with Gasteiger partial charge in [0.1, 0.15) is 6.04 Å². The fourth-order valence-corrected chi connectivity index (χ4v) is 2.97. The highest BCUT2D eigenvalue weighted by molar-refractivity contribution is 7.89. The summed E-state index contributed by atoms with van der Waals surface area (Å²) in [5.41, 5.74) is 0.0699. The Kier molecular flexibility index (Phi) is 5.51. The van der Waals surface area contributed by atoms with Crippen molar-refractivity contribution >= 4 is 27.6 Å². The summed E-state index contributed by atoms with van der Waals surface area (Å²) >= 11 is 5.86. The average Bonchev–Trinajstić information content (AvgIpc) is 2.43. The Morgan fingerprint density at radius 3 is 2.65 bits per heavy atom. The minimum atomic E-state index is -3.86. The van der Waals surface area contributed by atoms with Crippen LogP contribution in [0, 0.1) is 11.3 Å². The molecule has 0 bridgehead atoms. The van der Waals surface area contributed by atoms with Crippen LogP contribution in [0.5, 0.6) is 0 Å². The number of methoxy groups -OCH3 is 1. The van der Waals surface area contributed by atoms with Crippen LogP contribution in [0.4, 0.5) is 0 Å². The van der Waals surface area contributed by atoms with E-state index in [4.69, 9.17) is 16.9 Å². The lowest BCUT2D eigenvalue weighted by atomic mass is 10.2. The van der Waals surface area contributed by atoms with E-state index in [1.165, 1.54) is 19.2 Å². The van der Waals surface area contributed by atoms with Gasteiger partial charge in [0.25, 0.3) is 0 Å². The maximum absolute atomic E-state index is 12.0. The zero-order valence-corrected chi connectivity index (χ0v) is 12.5. The fourth-order valence-electron chi connectivity index (χ4n) is 1.39. The third-order valence-electron chi connectivity index (χ3n) is 2.52. The van der Waals surface area contributed by atoms with Gasteiger partial charge in [-0.3, -0.25) is 0 Å². The lowest BCUT2D eigenvalue weighted by Gasteiger charge is -2.11. The number of nitrogens with zero attached hydrogens (tertiary/aromatic N) is 1. The molecule has 1 atom stereocenters. The molecular weight excluding hydrogens is 304 g/mol. The van der Waals surface area contributed by atoms with Crippen LogP contribution < -0.4 is 4.72 Å². The average molecular weight is 317 g/mol. The molecule has 0 fully saturated rings. The summed E-state index contributed by atoms with van der Waals surface area (Å²) in [5.74, 6) is -0.657. The van der Waals surface area contributed by atoms with E-state index in [-0.39, 0.29) is 15.5 Å². The minimum absolute atomic E-state index is 0.0373. The molecule has 1 rings (SSSR count). The van der Waals surface area contributed by atoms with Crippen LogP contribution in [0.3, 0.4) is 0 Å². The van der Waals surface area contributed by atoms with Gasteiger partial charge in [-0.25, -0.2) is 13.2 Å². The highest BCUT2D eigenvalue weighted by Crippen LogP contribution is 2.21. The van der Waals surface area contributed by atoms with E-state index in [0.717, 1.165) is 6.07 Å². The van der Waals surface area contributed by atoms with Gasteiger partial charge in [0.15, 0.2) is 0 Å². The summed E-state index contributed by atoms with van der Waals surface area (Å²) < 4.78 is 30.8. The molecule has 0 unspecified atom stereocenters. The Morgan fingerprint density at radius 1 is 1.55 bits per heavy atom. The molecular formula is C12H13ClN2O4S. The molecule has 20 heavy (non-hydrogen) atoms. The van der Waals surface area contributed by atoms with Gasteiger partial charge in [-0.2, -0.15) is 9.98 Å². The van der Waals surface area contributed by atoms with Crippen LogP contribution in [0.25, 0.3) is 0 Å². The van der Waals surface area contributed by atoms with Gasteiger partial charge < -0.3 is 4.74 Å². The van der Waals surface area contributed by atoms with E-state index in [1.807, 2.05) is 6.07 Å². The molecule has 0 aliphatic heterocycles. The first-order valence-electron chi connectivity index (χ1n) is 5.65. The topological polar surface area (TPSA) is 96.3 Å². The second-order valence-corrected chi connectivity index (χ2v) is 5.97. The van der Waals surface area contributed by atoms with Crippen LogP contribution in [0.1, 0.15) is 23.7 Å². The highest BCUT2D eigenvalue weighted by Gasteiger charge is 2.21. The number of sulfonamides is 1. The molecule has 0 saturated carbocycles. The summed E-state index contributed by atoms with van der Waals surface area (Å²) in [7, 11) is -2.67. The monoisotopic (exact) mass is 316 g/mol. The molecule has 0 aromatic heterocycles. The zero-order valence-electron chi connectivity index (χ0n) is 10.9. The van der Waals surface area contributed by atoms with Crippen molar-refractivity contribution in [2.45, 2.75) is 24.3 Å². The number of halogens is 1. The van der Waals surface area contributed by atoms with E-state index in [1.54, 1.807) is 6.92 Å². The summed E-state index contributed by atoms with van der Waals surface area (Å²) in [6.45, 7) is 1.68. The summed E-state index contributed by atoms with van der Waals surface area (Å²) in [4.78, 5) is 11.2. The van der Waals surface area contributed by atoms with Crippen LogP contribution in [0.15, 0.2) is 23.1 Å². The highest BCUT2D eigenvalue weighted by atomic mass is 35.5. The smallest absolute Gasteiger partial charge is 0.339 e. The Morgan fingerprint density at radius 2 is 2.20 bits per heavy atom. The Hall–Kier alpha value is -1.62. The van der Waals surface area contributed by atoms with Crippen molar-refractivity contribution in [1.82, 2.24) is 4.72 Å². The SMILES string of the molecule is CC[C@@H](C#N)NS(=O)(=O)c1ccc(C(=O)OC)c(Cl)c1. The Labute approximate surface area is 122 Å². The van der Waals surface area contributed by atoms with Crippen molar-refractivity contribution in [3.63, 3.8) is 0 Å². The fraction of sp³-hybridized carbons (Fsp3) is 0.333. The number of ether oxygens (including phenoxy) is 1. The predicted molar refractivity (Wildman–Crippen MR) is 72.8 cm³/mol. The number of hydrogen-bond acceptors (Lipinski definition) is 5. The van der Waals surface area contributed by atoms with E-state index in [0.29, 0.717) is 6.42 Å². The summed E-state index contributed by atoms with van der Waals surface area (Å²) in [5, 5.41) is 8.74. The molecule has 0 amide bonds. The molecule has 0 aliphatic carbocycles. The number of benzene rings is 1. The number of hydrogen-bond donors (Lipinski definition) is 1. The lowest BCUT2D eigenvalue weighted by molar-refractivity contribution is 0.0601. The van der Waals surface area contributed by atoms with E-state index >= 15 is 0 Å². The normalized spacial score (nSPS) is 12.5. The number of carbonyl (C=O) groups is 1. The van der Waals surface area contributed by atoms with Crippen molar-refractivity contribution in [3.8, 4) is 6.07 Å². The van der Waals surface area contributed by atoms with Crippen molar-refractivity contribution in [1.29, 1.82) is 5.26 Å². The van der Waals surface area contributed by atoms with Crippen LogP contribution in [0.2, 0.25) is 5.02 Å². The van der Waals surface area contributed by atoms with Gasteiger partial charge in [-0.1, -0.05) is 18.5 Å². The zero-order chi connectivity index (χ0) is 15.3. The third kappa shape index (κ3) is 3.70. The van der Waals surface area contributed by atoms with E-state index < -0.39 is 22.0 Å². The van der Waals surface area contributed by atoms with Gasteiger partial charge in [0.2, 0.25) is 10.0 Å². The van der Waals surface area contributed by atoms with E-state index in [2.05, 4.69) is 9.46 Å². The standard InChI is InChI=1S/C12H13ClN2O4S/c1-3-8(7-14)15-20(17,18)9-4-5-10(11(13)6-9)12(16)19-2/h4-6,8,15H,3H2,1-2H3/t8-/m0/s1. The van der Waals surface area contributed by atoms with Gasteiger partial charge in [0.05, 0.1) is 28.7 Å². The molecule has 0 saturated heterocycles. The van der Waals surface area contributed by atoms with Crippen molar-refractivity contribution in [2.24, 2.45) is 0 Å². The first-order chi connectivity index (χ1) is 9.35. The predicted octanol–water partition coefficient (Wildman–Crippen LogP) is 1.71. The first-order valence-corrected chi connectivity index (χ1v) is 7.51. The summed E-state index contributed by atoms with van der Waals surface area (Å²) in [6, 6.07) is 4.64. The van der Waals surface area contributed by atoms with Crippen LogP contribution >= 0.6 is 11.6 Å². The summed E-state index contributed by atoms with van der Waals surface area (Å²) in [6.07, 6.45) is 0.337. The maximum atomic E-state index is 12.0. The van der Waals surface area contributed by atoms with Gasteiger partial charge >= 0.3 is 5.97 Å². The third-order valence-corrected chi connectivity index (χ3v) is 4.30. The molecule has 108 valence electrons. The van der Waals surface area contributed by atoms with Crippen LogP contribution in [-0.2, 0) is 14.8 Å². The van der Waals surface area contributed by atoms with E-state index in [9.17, 15) is 13.2 Å². The number of rotatable bonds is 5. The van der Waals surface area contributed by atoms with Gasteiger partial charge in [-0.05, 0) is 24.6 Å². The second-order valence-electron chi connectivity index (χ2n) is 3.84. The molecule has 1 aromatic rings. The van der Waals surface area contributed by atoms with Gasteiger partial charge in [0, 0.05) is 0 Å². The number of nitrogens with one attached hydrogen (secondary N) is 1. The molecule has 0 aliphatic rings. The molecule has 8 heteroatoms. The molecule has 1 N–H and O–H groups in total. The van der Waals surface area contributed by atoms with Crippen molar-refractivity contribution in [2.75, 3.05) is 7.11 Å². The minimum Gasteiger partial charge on any atom is -0.465 e. The van der Waals surface area contributed by atoms with Crippen molar-refractivity contribution < 1.29 is 17.9 Å². The number of carbonyl (C=O) groups excluding carboxylic acids is 1. The molecule has 1 aromatic carbocycles. The van der Waals surface area contributed by atoms with Gasteiger partial charge in [-0.15, -0.1) is 0 Å². The number of esters is 1. The maximum Gasteiger partial charge on any atom is 0.339 e. The van der Waals surface area contributed by atoms with Crippen LogP contribution in [-0.4, -0.2) is 27.5 Å². The number of nitriles is 1. The first kappa shape index (κ1) is 16.4. The largest absolute Gasteiger partial charge is 0.465 e. The lowest BCUT2D eigenvalue weighted by Crippen LogP contribution is -2.33. The van der Waals surface area contributed by atoms with Crippen molar-refractivity contribution in [3.05, 3.63) is 28.8 Å². The second kappa shape index (κ2) is 6.70. The Bertz CT molecular complexity index is 652. The Balaban J connectivity index is 3.13. The molecule has 0 spiro atoms. The molecule has 0 heterocycles.